The van der Waals surface area contributed by atoms with Crippen molar-refractivity contribution in [3.8, 4) is 6.07 Å². The third-order valence-corrected chi connectivity index (χ3v) is 3.09. The molecular weight excluding hydrogens is 258 g/mol. The highest BCUT2D eigenvalue weighted by Gasteiger charge is 2.16. The summed E-state index contributed by atoms with van der Waals surface area (Å²) in [5.41, 5.74) is 1.36. The van der Waals surface area contributed by atoms with E-state index >= 15 is 0 Å². The third kappa shape index (κ3) is 3.52. The first-order chi connectivity index (χ1) is 9.70. The van der Waals surface area contributed by atoms with Gasteiger partial charge in [-0.25, -0.2) is 4.98 Å². The molecule has 104 valence electrons. The van der Waals surface area contributed by atoms with Gasteiger partial charge in [0, 0.05) is 25.4 Å². The van der Waals surface area contributed by atoms with Crippen LogP contribution in [0.5, 0.6) is 0 Å². The SMILES string of the molecule is N#Cc1cnc(NCCC2=CCNCC2)c([N+](=O)[O-])c1. The fraction of sp³-hybridized carbons (Fsp3) is 0.385. The molecule has 2 N–H and O–H groups in total. The number of nitriles is 1. The minimum atomic E-state index is -0.528. The van der Waals surface area contributed by atoms with Crippen molar-refractivity contribution in [2.45, 2.75) is 12.8 Å². The summed E-state index contributed by atoms with van der Waals surface area (Å²) >= 11 is 0. The molecule has 1 aliphatic rings. The van der Waals surface area contributed by atoms with Crippen molar-refractivity contribution >= 4 is 11.5 Å². The van der Waals surface area contributed by atoms with Crippen LogP contribution < -0.4 is 10.6 Å². The highest BCUT2D eigenvalue weighted by Crippen LogP contribution is 2.22. The minimum Gasteiger partial charge on any atom is -0.364 e. The normalized spacial score (nSPS) is 14.2. The summed E-state index contributed by atoms with van der Waals surface area (Å²) < 4.78 is 0. The molecule has 1 aromatic heterocycles. The van der Waals surface area contributed by atoms with Crippen LogP contribution in [0, 0.1) is 21.4 Å². The van der Waals surface area contributed by atoms with Crippen molar-refractivity contribution in [2.75, 3.05) is 25.0 Å². The summed E-state index contributed by atoms with van der Waals surface area (Å²) in [6.45, 7) is 2.44. The van der Waals surface area contributed by atoms with Gasteiger partial charge in [-0.3, -0.25) is 10.1 Å². The van der Waals surface area contributed by atoms with Crippen LogP contribution in [0.3, 0.4) is 0 Å². The number of hydrogen-bond donors (Lipinski definition) is 2. The van der Waals surface area contributed by atoms with Gasteiger partial charge in [0.1, 0.15) is 6.07 Å². The molecule has 0 amide bonds. The van der Waals surface area contributed by atoms with Crippen molar-refractivity contribution in [3.05, 3.63) is 39.6 Å². The molecule has 0 atom stereocenters. The van der Waals surface area contributed by atoms with E-state index in [-0.39, 0.29) is 17.1 Å². The topological polar surface area (TPSA) is 104 Å². The Bertz CT molecular complexity index is 577. The number of hydrogen-bond acceptors (Lipinski definition) is 6. The first kappa shape index (κ1) is 14.0. The Labute approximate surface area is 116 Å². The quantitative estimate of drug-likeness (QED) is 0.479. The Hall–Kier alpha value is -2.46. The zero-order chi connectivity index (χ0) is 14.4. The molecule has 0 saturated heterocycles. The van der Waals surface area contributed by atoms with Crippen LogP contribution in [-0.2, 0) is 0 Å². The fourth-order valence-electron chi connectivity index (χ4n) is 2.03. The monoisotopic (exact) mass is 273 g/mol. The van der Waals surface area contributed by atoms with E-state index in [1.807, 2.05) is 6.07 Å². The number of anilines is 1. The predicted octanol–water partition coefficient (Wildman–Crippen LogP) is 1.58. The van der Waals surface area contributed by atoms with Gasteiger partial charge in [-0.1, -0.05) is 11.6 Å². The Morgan fingerprint density at radius 3 is 3.10 bits per heavy atom. The molecule has 0 fully saturated rings. The molecule has 7 heteroatoms. The van der Waals surface area contributed by atoms with Crippen LogP contribution >= 0.6 is 0 Å². The molecule has 2 rings (SSSR count). The van der Waals surface area contributed by atoms with Crippen molar-refractivity contribution in [3.63, 3.8) is 0 Å². The molecule has 0 bridgehead atoms. The van der Waals surface area contributed by atoms with E-state index < -0.39 is 4.92 Å². The average Bonchev–Trinajstić information content (AvgIpc) is 2.48. The van der Waals surface area contributed by atoms with E-state index in [0.717, 1.165) is 25.9 Å². The lowest BCUT2D eigenvalue weighted by Crippen LogP contribution is -2.21. The first-order valence-electron chi connectivity index (χ1n) is 6.37. The summed E-state index contributed by atoms with van der Waals surface area (Å²) in [6, 6.07) is 3.08. The molecule has 2 heterocycles. The van der Waals surface area contributed by atoms with E-state index in [1.54, 1.807) is 0 Å². The van der Waals surface area contributed by atoms with E-state index in [0.29, 0.717) is 6.54 Å². The molecule has 0 spiro atoms. The van der Waals surface area contributed by atoms with Crippen molar-refractivity contribution < 1.29 is 4.92 Å². The molecule has 1 aliphatic heterocycles. The number of rotatable bonds is 5. The van der Waals surface area contributed by atoms with Gasteiger partial charge in [-0.2, -0.15) is 5.26 Å². The molecule has 0 unspecified atom stereocenters. The van der Waals surface area contributed by atoms with E-state index in [4.69, 9.17) is 5.26 Å². The summed E-state index contributed by atoms with van der Waals surface area (Å²) in [5.74, 6) is 0.212. The maximum absolute atomic E-state index is 11.0. The summed E-state index contributed by atoms with van der Waals surface area (Å²) in [6.07, 6.45) is 5.32. The molecule has 20 heavy (non-hydrogen) atoms. The van der Waals surface area contributed by atoms with Gasteiger partial charge in [0.05, 0.1) is 10.5 Å². The lowest BCUT2D eigenvalue weighted by atomic mass is 10.1. The lowest BCUT2D eigenvalue weighted by molar-refractivity contribution is -0.384. The maximum atomic E-state index is 11.0. The van der Waals surface area contributed by atoms with Gasteiger partial charge >= 0.3 is 5.69 Å². The largest absolute Gasteiger partial charge is 0.364 e. The number of aromatic nitrogens is 1. The average molecular weight is 273 g/mol. The second-order valence-electron chi connectivity index (χ2n) is 4.45. The molecule has 0 radical (unpaired) electrons. The van der Waals surface area contributed by atoms with Gasteiger partial charge in [-0.15, -0.1) is 0 Å². The molecule has 0 aromatic carbocycles. The molecule has 7 nitrogen and oxygen atoms in total. The first-order valence-corrected chi connectivity index (χ1v) is 6.37. The van der Waals surface area contributed by atoms with Crippen LogP contribution in [0.1, 0.15) is 18.4 Å². The van der Waals surface area contributed by atoms with Gasteiger partial charge in [0.25, 0.3) is 0 Å². The van der Waals surface area contributed by atoms with Gasteiger partial charge in [0.15, 0.2) is 0 Å². The smallest absolute Gasteiger partial charge is 0.312 e. The van der Waals surface area contributed by atoms with Gasteiger partial charge in [0.2, 0.25) is 5.82 Å². The van der Waals surface area contributed by atoms with Crippen molar-refractivity contribution in [1.29, 1.82) is 5.26 Å². The lowest BCUT2D eigenvalue weighted by Gasteiger charge is -2.14. The zero-order valence-electron chi connectivity index (χ0n) is 10.9. The Morgan fingerprint density at radius 1 is 1.60 bits per heavy atom. The second kappa shape index (κ2) is 6.63. The zero-order valence-corrected chi connectivity index (χ0v) is 10.9. The number of nitro groups is 1. The Kier molecular flexibility index (Phi) is 4.63. The summed E-state index contributed by atoms with van der Waals surface area (Å²) in [7, 11) is 0. The number of nitrogens with one attached hydrogen (secondary N) is 2. The number of nitrogens with zero attached hydrogens (tertiary/aromatic N) is 3. The molecule has 1 aromatic rings. The van der Waals surface area contributed by atoms with Crippen LogP contribution in [0.4, 0.5) is 11.5 Å². The van der Waals surface area contributed by atoms with Crippen LogP contribution in [0.15, 0.2) is 23.9 Å². The van der Waals surface area contributed by atoms with Crippen molar-refractivity contribution in [1.82, 2.24) is 10.3 Å². The number of pyridine rings is 1. The Balaban J connectivity index is 2.00. The van der Waals surface area contributed by atoms with Crippen LogP contribution in [0.25, 0.3) is 0 Å². The standard InChI is InChI=1S/C13H15N5O2/c14-8-11-7-12(18(19)20)13(17-9-11)16-6-3-10-1-4-15-5-2-10/h1,7,9,15H,2-6H2,(H,16,17). The highest BCUT2D eigenvalue weighted by atomic mass is 16.6. The van der Waals surface area contributed by atoms with E-state index in [1.165, 1.54) is 17.8 Å². The maximum Gasteiger partial charge on any atom is 0.312 e. The summed E-state index contributed by atoms with van der Waals surface area (Å²) in [4.78, 5) is 14.4. The summed E-state index contributed by atoms with van der Waals surface area (Å²) in [5, 5.41) is 25.9. The highest BCUT2D eigenvalue weighted by molar-refractivity contribution is 5.58. The molecular formula is C13H15N5O2. The second-order valence-corrected chi connectivity index (χ2v) is 4.45. The Morgan fingerprint density at radius 2 is 2.45 bits per heavy atom. The molecule has 0 saturated carbocycles. The third-order valence-electron chi connectivity index (χ3n) is 3.09. The van der Waals surface area contributed by atoms with Crippen LogP contribution in [0.2, 0.25) is 0 Å². The van der Waals surface area contributed by atoms with Crippen molar-refractivity contribution in [2.24, 2.45) is 0 Å². The predicted molar refractivity (Wildman–Crippen MR) is 74.3 cm³/mol. The van der Waals surface area contributed by atoms with Gasteiger partial charge in [-0.05, 0) is 19.4 Å². The molecule has 0 aliphatic carbocycles. The minimum absolute atomic E-state index is 0.164. The van der Waals surface area contributed by atoms with Crippen LogP contribution in [-0.4, -0.2) is 29.5 Å². The van der Waals surface area contributed by atoms with Gasteiger partial charge < -0.3 is 10.6 Å². The van der Waals surface area contributed by atoms with E-state index in [9.17, 15) is 10.1 Å². The fourth-order valence-corrected chi connectivity index (χ4v) is 2.03. The van der Waals surface area contributed by atoms with E-state index in [2.05, 4.69) is 21.7 Å².